The molecule has 0 saturated heterocycles. The number of carbonyl (C=O) groups is 2. The van der Waals surface area contributed by atoms with E-state index in [9.17, 15) is 14.8 Å². The zero-order valence-electron chi connectivity index (χ0n) is 24.3. The normalized spacial score (nSPS) is 43.0. The van der Waals surface area contributed by atoms with Gasteiger partial charge in [0.15, 0.2) is 5.60 Å². The lowest BCUT2D eigenvalue weighted by molar-refractivity contribution is -0.204. The van der Waals surface area contributed by atoms with Crippen LogP contribution < -0.4 is 0 Å². The Bertz CT molecular complexity index is 900. The zero-order valence-corrected chi connectivity index (χ0v) is 24.3. The molecule has 0 spiro atoms. The predicted molar refractivity (Wildman–Crippen MR) is 144 cm³/mol. The molecule has 0 unspecified atom stereocenters. The minimum absolute atomic E-state index is 0.311. The molecular weight excluding hydrogens is 466 g/mol. The van der Waals surface area contributed by atoms with Crippen molar-refractivity contribution in [2.24, 2.45) is 51.5 Å². The van der Waals surface area contributed by atoms with Gasteiger partial charge < -0.3 is 14.7 Å². The van der Waals surface area contributed by atoms with E-state index >= 15 is 0 Å². The van der Waals surface area contributed by atoms with E-state index in [2.05, 4.69) is 39.8 Å². The Hall–Kier alpha value is -1.59. The fraction of sp³-hybridized carbons (Fsp3) is 0.903. The Labute approximate surface area is 224 Å². The molecule has 1 N–H and O–H groups in total. The van der Waals surface area contributed by atoms with Crippen molar-refractivity contribution < 1.29 is 24.3 Å². The van der Waals surface area contributed by atoms with Crippen LogP contribution in [0.2, 0.25) is 0 Å². The summed E-state index contributed by atoms with van der Waals surface area (Å²) in [5.41, 5.74) is -0.474. The first-order chi connectivity index (χ1) is 17.4. The Morgan fingerprint density at radius 2 is 1.73 bits per heavy atom. The minimum Gasteiger partial charge on any atom is -0.462 e. The molecule has 6 heteroatoms. The maximum absolute atomic E-state index is 12.5. The second kappa shape index (κ2) is 10.5. The molecule has 0 bridgehead atoms. The van der Waals surface area contributed by atoms with Gasteiger partial charge in [-0.3, -0.25) is 9.59 Å². The van der Waals surface area contributed by atoms with Crippen molar-refractivity contribution in [3.63, 3.8) is 0 Å². The molecule has 0 aliphatic heterocycles. The number of nitrogens with zero attached hydrogens (tertiary/aromatic N) is 1. The molecule has 0 heterocycles. The molecule has 37 heavy (non-hydrogen) atoms. The SMILES string of the molecule is CC(=O)O[C@H]1CC[C@]2(C)[C@@H]3CC[C@@]4(C)[C@H](CC[C@@H]4[C@H](C)CCCC(C)C)[C@H]3C/C(=N\O)[C@@]2(OC(C)=O)C1. The smallest absolute Gasteiger partial charge is 0.303 e. The van der Waals surface area contributed by atoms with Crippen molar-refractivity contribution in [1.82, 2.24) is 0 Å². The highest BCUT2D eigenvalue weighted by atomic mass is 16.6. The number of carbonyl (C=O) groups excluding carboxylic acids is 2. The summed E-state index contributed by atoms with van der Waals surface area (Å²) in [5.74, 6) is 2.96. The van der Waals surface area contributed by atoms with Crippen LogP contribution in [-0.4, -0.2) is 34.6 Å². The number of hydrogen-bond acceptors (Lipinski definition) is 6. The van der Waals surface area contributed by atoms with Crippen LogP contribution in [0.15, 0.2) is 5.16 Å². The molecule has 0 amide bonds. The van der Waals surface area contributed by atoms with Crippen molar-refractivity contribution in [3.8, 4) is 0 Å². The highest BCUT2D eigenvalue weighted by Crippen LogP contribution is 2.69. The van der Waals surface area contributed by atoms with E-state index in [1.54, 1.807) is 0 Å². The van der Waals surface area contributed by atoms with Gasteiger partial charge >= 0.3 is 11.9 Å². The molecular formula is C31H51NO5. The lowest BCUT2D eigenvalue weighted by Gasteiger charge is -2.64. The van der Waals surface area contributed by atoms with E-state index in [1.807, 2.05) is 0 Å². The molecule has 0 aromatic carbocycles. The molecule has 6 nitrogen and oxygen atoms in total. The third-order valence-corrected chi connectivity index (χ3v) is 11.5. The van der Waals surface area contributed by atoms with Crippen LogP contribution in [0.25, 0.3) is 0 Å². The first-order valence-electron chi connectivity index (χ1n) is 15.0. The number of ether oxygens (including phenoxy) is 2. The van der Waals surface area contributed by atoms with Crippen LogP contribution in [0.5, 0.6) is 0 Å². The lowest BCUT2D eigenvalue weighted by atomic mass is 9.42. The summed E-state index contributed by atoms with van der Waals surface area (Å²) >= 11 is 0. The van der Waals surface area contributed by atoms with Crippen molar-refractivity contribution in [3.05, 3.63) is 0 Å². The Morgan fingerprint density at radius 3 is 2.35 bits per heavy atom. The average molecular weight is 518 g/mol. The number of esters is 2. The quantitative estimate of drug-likeness (QED) is 0.220. The molecule has 4 saturated carbocycles. The van der Waals surface area contributed by atoms with Crippen LogP contribution in [0.3, 0.4) is 0 Å². The number of fused-ring (bicyclic) bond motifs is 5. The minimum atomic E-state index is -1.02. The van der Waals surface area contributed by atoms with E-state index in [-0.39, 0.29) is 23.5 Å². The zero-order chi connectivity index (χ0) is 27.2. The van der Waals surface area contributed by atoms with Crippen molar-refractivity contribution in [2.75, 3.05) is 0 Å². The van der Waals surface area contributed by atoms with E-state index in [0.29, 0.717) is 41.7 Å². The van der Waals surface area contributed by atoms with E-state index in [0.717, 1.165) is 37.0 Å². The fourth-order valence-corrected chi connectivity index (χ4v) is 9.95. The third kappa shape index (κ3) is 4.84. The number of oxime groups is 1. The molecule has 4 rings (SSSR count). The Kier molecular flexibility index (Phi) is 8.08. The summed E-state index contributed by atoms with van der Waals surface area (Å²) < 4.78 is 11.8. The molecule has 0 aromatic heterocycles. The first kappa shape index (κ1) is 28.4. The van der Waals surface area contributed by atoms with E-state index in [4.69, 9.17) is 9.47 Å². The van der Waals surface area contributed by atoms with Crippen LogP contribution in [0.1, 0.15) is 119 Å². The standard InChI is InChI=1S/C31H51NO5/c1-19(2)9-8-10-20(3)25-11-12-26-24-17-28(32-35)31(37-22(5)34)18-23(36-21(4)33)13-16-30(31,7)27(24)14-15-29(25,26)6/h19-20,23-27,35H,8-18H2,1-7H3/b32-28+/t20-,23+,24-,25-,26-,27-,29-,30-,31+/m1/s1. The summed E-state index contributed by atoms with van der Waals surface area (Å²) in [6.07, 6.45) is 11.0. The maximum Gasteiger partial charge on any atom is 0.303 e. The van der Waals surface area contributed by atoms with Gasteiger partial charge in [0.1, 0.15) is 11.8 Å². The first-order valence-corrected chi connectivity index (χ1v) is 15.0. The lowest BCUT2D eigenvalue weighted by Crippen LogP contribution is -2.68. The van der Waals surface area contributed by atoms with Crippen LogP contribution >= 0.6 is 0 Å². The van der Waals surface area contributed by atoms with Gasteiger partial charge in [0, 0.05) is 25.7 Å². The predicted octanol–water partition coefficient (Wildman–Crippen LogP) is 7.17. The summed E-state index contributed by atoms with van der Waals surface area (Å²) in [4.78, 5) is 24.3. The summed E-state index contributed by atoms with van der Waals surface area (Å²) in [7, 11) is 0. The second-order valence-electron chi connectivity index (χ2n) is 14.0. The van der Waals surface area contributed by atoms with Gasteiger partial charge in [-0.05, 0) is 85.9 Å². The number of hydrogen-bond donors (Lipinski definition) is 1. The van der Waals surface area contributed by atoms with Gasteiger partial charge in [0.05, 0.1) is 0 Å². The maximum atomic E-state index is 12.5. The largest absolute Gasteiger partial charge is 0.462 e. The Morgan fingerprint density at radius 1 is 1.00 bits per heavy atom. The van der Waals surface area contributed by atoms with Gasteiger partial charge in [-0.2, -0.15) is 0 Å². The van der Waals surface area contributed by atoms with Gasteiger partial charge in [0.2, 0.25) is 0 Å². The van der Waals surface area contributed by atoms with Crippen LogP contribution in [-0.2, 0) is 19.1 Å². The van der Waals surface area contributed by atoms with Crippen LogP contribution in [0, 0.1) is 46.3 Å². The molecule has 9 atom stereocenters. The van der Waals surface area contributed by atoms with E-state index in [1.165, 1.54) is 52.4 Å². The highest BCUT2D eigenvalue weighted by molar-refractivity contribution is 5.96. The van der Waals surface area contributed by atoms with Gasteiger partial charge in [-0.15, -0.1) is 0 Å². The summed E-state index contributed by atoms with van der Waals surface area (Å²) in [6.45, 7) is 14.8. The summed E-state index contributed by atoms with van der Waals surface area (Å²) in [6, 6.07) is 0. The second-order valence-corrected chi connectivity index (χ2v) is 14.0. The van der Waals surface area contributed by atoms with E-state index < -0.39 is 5.60 Å². The fourth-order valence-electron chi connectivity index (χ4n) is 9.95. The molecule has 0 aromatic rings. The molecule has 210 valence electrons. The van der Waals surface area contributed by atoms with Crippen molar-refractivity contribution in [2.45, 2.75) is 131 Å². The molecule has 4 aliphatic rings. The average Bonchev–Trinajstić information content (AvgIpc) is 3.15. The topological polar surface area (TPSA) is 85.2 Å². The molecule has 0 radical (unpaired) electrons. The van der Waals surface area contributed by atoms with Crippen LogP contribution in [0.4, 0.5) is 0 Å². The van der Waals surface area contributed by atoms with Gasteiger partial charge in [0.25, 0.3) is 0 Å². The Balaban J connectivity index is 1.63. The van der Waals surface area contributed by atoms with Crippen molar-refractivity contribution in [1.29, 1.82) is 0 Å². The summed E-state index contributed by atoms with van der Waals surface area (Å²) in [5, 5.41) is 14.2. The highest BCUT2D eigenvalue weighted by Gasteiger charge is 2.69. The monoisotopic (exact) mass is 517 g/mol. The molecule has 4 fully saturated rings. The van der Waals surface area contributed by atoms with Crippen molar-refractivity contribution >= 4 is 17.7 Å². The third-order valence-electron chi connectivity index (χ3n) is 11.5. The molecule has 4 aliphatic carbocycles. The van der Waals surface area contributed by atoms with Gasteiger partial charge in [-0.1, -0.05) is 59.0 Å². The number of rotatable bonds is 7. The van der Waals surface area contributed by atoms with Gasteiger partial charge in [-0.25, -0.2) is 0 Å².